The summed E-state index contributed by atoms with van der Waals surface area (Å²) in [7, 11) is 9.92. The fourth-order valence-corrected chi connectivity index (χ4v) is 7.97. The summed E-state index contributed by atoms with van der Waals surface area (Å²) in [4.78, 5) is 7.34. The van der Waals surface area contributed by atoms with Gasteiger partial charge in [-0.15, -0.1) is 0 Å². The quantitative estimate of drug-likeness (QED) is 0.187. The third kappa shape index (κ3) is 5.66. The minimum absolute atomic E-state index is 0.111. The number of ether oxygens (including phenoxy) is 5. The molecule has 0 aliphatic carbocycles. The van der Waals surface area contributed by atoms with Crippen molar-refractivity contribution < 1.29 is 23.7 Å². The lowest BCUT2D eigenvalue weighted by atomic mass is 9.86. The van der Waals surface area contributed by atoms with Gasteiger partial charge in [-0.3, -0.25) is 9.80 Å². The molecule has 0 saturated heterocycles. The molecule has 48 heavy (non-hydrogen) atoms. The lowest BCUT2D eigenvalue weighted by molar-refractivity contribution is 0.170. The Morgan fingerprint density at radius 2 is 1.46 bits per heavy atom. The molecule has 0 amide bonds. The van der Waals surface area contributed by atoms with E-state index in [9.17, 15) is 0 Å². The van der Waals surface area contributed by atoms with Crippen LogP contribution in [0.5, 0.6) is 46.0 Å². The zero-order valence-electron chi connectivity index (χ0n) is 28.7. The summed E-state index contributed by atoms with van der Waals surface area (Å²) < 4.78 is 32.0. The molecule has 0 saturated carbocycles. The zero-order chi connectivity index (χ0) is 32.9. The van der Waals surface area contributed by atoms with E-state index in [2.05, 4.69) is 90.4 Å². The predicted molar refractivity (Wildman–Crippen MR) is 187 cm³/mol. The Morgan fingerprint density at radius 3 is 2.25 bits per heavy atom. The minimum Gasteiger partial charge on any atom is -0.493 e. The Hall–Kier alpha value is -4.24. The van der Waals surface area contributed by atoms with Crippen molar-refractivity contribution in [1.29, 1.82) is 0 Å². The first-order valence-electron chi connectivity index (χ1n) is 17.2. The van der Waals surface area contributed by atoms with Crippen LogP contribution in [0.25, 0.3) is 0 Å². The first kappa shape index (κ1) is 31.1. The minimum atomic E-state index is 0.111. The van der Waals surface area contributed by atoms with Gasteiger partial charge in [0.15, 0.2) is 34.5 Å². The van der Waals surface area contributed by atoms with E-state index in [0.717, 1.165) is 98.5 Å². The van der Waals surface area contributed by atoms with Gasteiger partial charge in [0.25, 0.3) is 0 Å². The summed E-state index contributed by atoms with van der Waals surface area (Å²) >= 11 is 0. The molecule has 0 spiro atoms. The number of rotatable bonds is 6. The lowest BCUT2D eigenvalue weighted by Gasteiger charge is -2.40. The Labute approximate surface area is 283 Å². The van der Waals surface area contributed by atoms with Gasteiger partial charge in [0.05, 0.1) is 14.2 Å². The smallest absolute Gasteiger partial charge is 0.212 e. The maximum absolute atomic E-state index is 7.04. The van der Waals surface area contributed by atoms with Crippen LogP contribution < -0.4 is 23.7 Å². The highest BCUT2D eigenvalue weighted by Crippen LogP contribution is 2.57. The van der Waals surface area contributed by atoms with Gasteiger partial charge in [-0.1, -0.05) is 18.2 Å². The van der Waals surface area contributed by atoms with Crippen LogP contribution in [-0.4, -0.2) is 76.2 Å². The zero-order valence-corrected chi connectivity index (χ0v) is 28.7. The van der Waals surface area contributed by atoms with Crippen molar-refractivity contribution in [3.8, 4) is 46.0 Å². The molecule has 4 aromatic carbocycles. The van der Waals surface area contributed by atoms with Crippen LogP contribution in [0.1, 0.15) is 51.9 Å². The van der Waals surface area contributed by atoms with Crippen molar-refractivity contribution in [2.24, 2.45) is 0 Å². The van der Waals surface area contributed by atoms with E-state index in [4.69, 9.17) is 23.7 Å². The summed E-state index contributed by atoms with van der Waals surface area (Å²) in [6.07, 6.45) is 4.62. The maximum atomic E-state index is 7.04. The van der Waals surface area contributed by atoms with E-state index in [0.29, 0.717) is 5.75 Å². The van der Waals surface area contributed by atoms with Gasteiger partial charge in [0.1, 0.15) is 5.75 Å². The van der Waals surface area contributed by atoms with Gasteiger partial charge in [-0.2, -0.15) is 0 Å². The van der Waals surface area contributed by atoms with E-state index in [1.165, 1.54) is 33.4 Å². The number of likely N-dealkylation sites (N-methyl/N-ethyl adjacent to an activating group) is 1. The Balaban J connectivity index is 1.29. The Kier molecular flexibility index (Phi) is 8.19. The molecule has 4 aromatic rings. The fraction of sp³-hybridized carbons (Fsp3) is 0.400. The lowest BCUT2D eigenvalue weighted by Crippen LogP contribution is -2.38. The molecule has 0 radical (unpaired) electrons. The maximum Gasteiger partial charge on any atom is 0.212 e. The monoisotopic (exact) mass is 647 g/mol. The topological polar surface area (TPSA) is 55.9 Å². The van der Waals surface area contributed by atoms with E-state index >= 15 is 0 Å². The molecule has 8 heteroatoms. The average Bonchev–Trinajstić information content (AvgIpc) is 3.08. The largest absolute Gasteiger partial charge is 0.493 e. The summed E-state index contributed by atoms with van der Waals surface area (Å²) in [6.45, 7) is 3.98. The van der Waals surface area contributed by atoms with E-state index in [1.54, 1.807) is 14.2 Å². The third-order valence-corrected chi connectivity index (χ3v) is 10.5. The number of benzene rings is 4. The van der Waals surface area contributed by atoms with Crippen molar-refractivity contribution in [2.45, 2.75) is 44.2 Å². The van der Waals surface area contributed by atoms with Crippen LogP contribution >= 0.6 is 0 Å². The van der Waals surface area contributed by atoms with Gasteiger partial charge in [-0.25, -0.2) is 0 Å². The predicted octanol–water partition coefficient (Wildman–Crippen LogP) is 7.57. The van der Waals surface area contributed by atoms with Gasteiger partial charge in [0, 0.05) is 30.7 Å². The molecule has 5 heterocycles. The van der Waals surface area contributed by atoms with Gasteiger partial charge in [-0.05, 0) is 137 Å². The Bertz CT molecular complexity index is 1840. The molecule has 0 N–H and O–H groups in total. The van der Waals surface area contributed by atoms with Crippen LogP contribution in [-0.2, 0) is 25.7 Å². The standard InChI is InChI=1S/C40H45N3O5/c1-41(2)15-6-16-43-18-14-28-23-37(45-5)39-40-38(28)32(43)19-25-7-10-29(11-8-25)46-34-21-26(9-12-33(34)44-4)20-31-30-24-36(48-40)35(47-39)22-27(30)13-17-42(31)3/h7-12,21-24,31-32H,6,13-20H2,1-5H3/t31-,32-/m0/s1. The Morgan fingerprint density at radius 1 is 0.729 bits per heavy atom. The van der Waals surface area contributed by atoms with Crippen LogP contribution in [0.15, 0.2) is 60.7 Å². The molecule has 0 unspecified atom stereocenters. The number of methoxy groups -OCH3 is 2. The highest BCUT2D eigenvalue weighted by Gasteiger charge is 2.38. The molecule has 0 fully saturated rings. The molecule has 2 atom stereocenters. The van der Waals surface area contributed by atoms with E-state index < -0.39 is 0 Å². The summed E-state index contributed by atoms with van der Waals surface area (Å²) in [5.74, 6) is 5.96. The molecule has 8 nitrogen and oxygen atoms in total. The normalized spacial score (nSPS) is 19.6. The second-order valence-electron chi connectivity index (χ2n) is 13.9. The van der Waals surface area contributed by atoms with Gasteiger partial charge in [0.2, 0.25) is 5.75 Å². The second-order valence-corrected chi connectivity index (χ2v) is 13.9. The number of hydrogen-bond acceptors (Lipinski definition) is 8. The van der Waals surface area contributed by atoms with Crippen molar-refractivity contribution >= 4 is 0 Å². The molecular formula is C40H45N3O5. The third-order valence-electron chi connectivity index (χ3n) is 10.5. The number of hydrogen-bond donors (Lipinski definition) is 0. The molecule has 5 aliphatic heterocycles. The SMILES string of the molecule is COc1ccc2cc1Oc1ccc(cc1)C[C@H]1c3c(cc(OC)c4c3Oc3cc5c(cc3O4)CCN(C)[C@H]5C2)CCN1CCCN(C)C. The molecular weight excluding hydrogens is 602 g/mol. The molecule has 0 aromatic heterocycles. The number of nitrogens with zero attached hydrogens (tertiary/aromatic N) is 3. The summed E-state index contributed by atoms with van der Waals surface area (Å²) in [6, 6.07) is 21.7. The highest BCUT2D eigenvalue weighted by molar-refractivity contribution is 5.67. The van der Waals surface area contributed by atoms with Crippen LogP contribution in [0, 0.1) is 0 Å². The highest BCUT2D eigenvalue weighted by atomic mass is 16.6. The van der Waals surface area contributed by atoms with Crippen molar-refractivity contribution in [3.05, 3.63) is 94.0 Å². The van der Waals surface area contributed by atoms with Gasteiger partial charge >= 0.3 is 0 Å². The van der Waals surface area contributed by atoms with Crippen LogP contribution in [0.2, 0.25) is 0 Å². The molecule has 7 bridgehead atoms. The van der Waals surface area contributed by atoms with E-state index in [1.807, 2.05) is 6.07 Å². The molecule has 250 valence electrons. The first-order valence-corrected chi connectivity index (χ1v) is 17.2. The van der Waals surface area contributed by atoms with Crippen LogP contribution in [0.3, 0.4) is 0 Å². The van der Waals surface area contributed by atoms with E-state index in [-0.39, 0.29) is 12.1 Å². The number of fused-ring (bicyclic) bond motifs is 2. The van der Waals surface area contributed by atoms with Crippen LogP contribution in [0.4, 0.5) is 0 Å². The first-order chi connectivity index (χ1) is 23.4. The second kappa shape index (κ2) is 12.7. The van der Waals surface area contributed by atoms with Gasteiger partial charge < -0.3 is 28.6 Å². The van der Waals surface area contributed by atoms with Crippen molar-refractivity contribution in [3.63, 3.8) is 0 Å². The summed E-state index contributed by atoms with van der Waals surface area (Å²) in [5, 5.41) is 0. The molecule has 9 rings (SSSR count). The molecule has 5 aliphatic rings. The summed E-state index contributed by atoms with van der Waals surface area (Å²) in [5.41, 5.74) is 7.47. The fourth-order valence-electron chi connectivity index (χ4n) is 7.97. The van der Waals surface area contributed by atoms with Crippen molar-refractivity contribution in [2.75, 3.05) is 61.5 Å². The average molecular weight is 648 g/mol. The van der Waals surface area contributed by atoms with Crippen molar-refractivity contribution in [1.82, 2.24) is 14.7 Å².